The number of nitrogens with two attached hydrogens (primary N) is 1. The molecule has 2 aromatic rings. The molecule has 3 nitrogen and oxygen atoms in total. The molecule has 3 N–H and O–H groups in total. The fraction of sp³-hybridized carbons (Fsp3) is 0.333. The average Bonchev–Trinajstić information content (AvgIpc) is 2.62. The summed E-state index contributed by atoms with van der Waals surface area (Å²) < 4.78 is 19.8. The molecule has 1 atom stereocenters. The first-order chi connectivity index (χ1) is 8.93. The maximum Gasteiger partial charge on any atom is 0.128 e. The van der Waals surface area contributed by atoms with Gasteiger partial charge in [0.2, 0.25) is 0 Å². The fourth-order valence-electron chi connectivity index (χ4n) is 2.56. The quantitative estimate of drug-likeness (QED) is 0.659. The third-order valence-electron chi connectivity index (χ3n) is 3.33. The average molecular weight is 262 g/mol. The molecule has 1 unspecified atom stereocenters. The van der Waals surface area contributed by atoms with Gasteiger partial charge in [-0.15, -0.1) is 0 Å². The third kappa shape index (κ3) is 2.55. The lowest BCUT2D eigenvalue weighted by Gasteiger charge is -2.19. The molecular formula is C15H19FN2O. The SMILES string of the molecule is Cc1cc(C)c(C(NN)c2cc(C)oc2C)c(F)c1. The smallest absolute Gasteiger partial charge is 0.128 e. The van der Waals surface area contributed by atoms with Gasteiger partial charge in [-0.05, 0) is 51.0 Å². The van der Waals surface area contributed by atoms with Crippen LogP contribution in [0.3, 0.4) is 0 Å². The zero-order chi connectivity index (χ0) is 14.2. The van der Waals surface area contributed by atoms with Crippen molar-refractivity contribution in [2.24, 2.45) is 5.84 Å². The van der Waals surface area contributed by atoms with E-state index in [1.807, 2.05) is 39.8 Å². The maximum atomic E-state index is 14.2. The van der Waals surface area contributed by atoms with E-state index in [1.165, 1.54) is 6.07 Å². The Hall–Kier alpha value is -1.65. The van der Waals surface area contributed by atoms with Gasteiger partial charge in [0.1, 0.15) is 17.3 Å². The van der Waals surface area contributed by atoms with Crippen molar-refractivity contribution in [2.45, 2.75) is 33.7 Å². The van der Waals surface area contributed by atoms with Crippen LogP contribution in [0, 0.1) is 33.5 Å². The molecule has 4 heteroatoms. The largest absolute Gasteiger partial charge is 0.466 e. The first-order valence-corrected chi connectivity index (χ1v) is 6.23. The molecule has 0 bridgehead atoms. The number of benzene rings is 1. The minimum atomic E-state index is -0.405. The number of aryl methyl sites for hydroxylation is 4. The van der Waals surface area contributed by atoms with Crippen molar-refractivity contribution in [3.63, 3.8) is 0 Å². The van der Waals surface area contributed by atoms with Crippen molar-refractivity contribution in [1.29, 1.82) is 0 Å². The van der Waals surface area contributed by atoms with Crippen LogP contribution in [0.2, 0.25) is 0 Å². The van der Waals surface area contributed by atoms with E-state index < -0.39 is 6.04 Å². The third-order valence-corrected chi connectivity index (χ3v) is 3.33. The topological polar surface area (TPSA) is 51.2 Å². The molecule has 102 valence electrons. The van der Waals surface area contributed by atoms with Crippen LogP contribution >= 0.6 is 0 Å². The van der Waals surface area contributed by atoms with E-state index in [0.29, 0.717) is 5.56 Å². The van der Waals surface area contributed by atoms with Gasteiger partial charge in [0, 0.05) is 11.1 Å². The summed E-state index contributed by atoms with van der Waals surface area (Å²) in [5, 5.41) is 0. The van der Waals surface area contributed by atoms with Gasteiger partial charge >= 0.3 is 0 Å². The molecule has 0 aliphatic carbocycles. The van der Waals surface area contributed by atoms with Gasteiger partial charge in [-0.3, -0.25) is 5.84 Å². The fourth-order valence-corrected chi connectivity index (χ4v) is 2.56. The summed E-state index contributed by atoms with van der Waals surface area (Å²) in [6.45, 7) is 7.48. The zero-order valence-electron chi connectivity index (χ0n) is 11.7. The summed E-state index contributed by atoms with van der Waals surface area (Å²) in [6, 6.07) is 4.96. The Morgan fingerprint density at radius 2 is 1.84 bits per heavy atom. The zero-order valence-corrected chi connectivity index (χ0v) is 11.7. The summed E-state index contributed by atoms with van der Waals surface area (Å²) in [6.07, 6.45) is 0. The summed E-state index contributed by atoms with van der Waals surface area (Å²) in [4.78, 5) is 0. The van der Waals surface area contributed by atoms with Crippen LogP contribution in [0.4, 0.5) is 4.39 Å². The molecule has 0 fully saturated rings. The molecule has 1 aromatic carbocycles. The number of nitrogens with one attached hydrogen (secondary N) is 1. The maximum absolute atomic E-state index is 14.2. The number of hydrogen-bond acceptors (Lipinski definition) is 3. The molecule has 0 saturated carbocycles. The number of hydrazine groups is 1. The predicted octanol–water partition coefficient (Wildman–Crippen LogP) is 3.21. The van der Waals surface area contributed by atoms with E-state index in [1.54, 1.807) is 0 Å². The lowest BCUT2D eigenvalue weighted by atomic mass is 9.94. The van der Waals surface area contributed by atoms with E-state index in [9.17, 15) is 4.39 Å². The standard InChI is InChI=1S/C15H19FN2O/c1-8-5-9(2)14(13(16)6-8)15(18-17)12-7-10(3)19-11(12)4/h5-7,15,18H,17H2,1-4H3. The van der Waals surface area contributed by atoms with Gasteiger partial charge in [0.15, 0.2) is 0 Å². The Morgan fingerprint density at radius 1 is 1.16 bits per heavy atom. The number of furan rings is 1. The number of halogens is 1. The molecule has 19 heavy (non-hydrogen) atoms. The highest BCUT2D eigenvalue weighted by Gasteiger charge is 2.23. The molecule has 2 rings (SSSR count). The molecule has 0 aliphatic rings. The predicted molar refractivity (Wildman–Crippen MR) is 73.2 cm³/mol. The first kappa shape index (κ1) is 13.8. The Labute approximate surface area is 112 Å². The second kappa shape index (κ2) is 5.15. The Kier molecular flexibility index (Phi) is 3.73. The molecule has 0 aliphatic heterocycles. The monoisotopic (exact) mass is 262 g/mol. The minimum Gasteiger partial charge on any atom is -0.466 e. The van der Waals surface area contributed by atoms with E-state index in [2.05, 4.69) is 5.43 Å². The van der Waals surface area contributed by atoms with E-state index in [4.69, 9.17) is 10.3 Å². The normalized spacial score (nSPS) is 12.7. The highest BCUT2D eigenvalue weighted by molar-refractivity contribution is 5.41. The second-order valence-electron chi connectivity index (χ2n) is 4.95. The van der Waals surface area contributed by atoms with Crippen LogP contribution in [-0.4, -0.2) is 0 Å². The number of hydrogen-bond donors (Lipinski definition) is 2. The summed E-state index contributed by atoms with van der Waals surface area (Å²) >= 11 is 0. The van der Waals surface area contributed by atoms with Crippen LogP contribution in [0.25, 0.3) is 0 Å². The summed E-state index contributed by atoms with van der Waals surface area (Å²) in [5.41, 5.74) is 5.89. The number of rotatable bonds is 3. The summed E-state index contributed by atoms with van der Waals surface area (Å²) in [7, 11) is 0. The molecule has 1 aromatic heterocycles. The molecule has 0 saturated heterocycles. The molecule has 1 heterocycles. The van der Waals surface area contributed by atoms with Gasteiger partial charge in [0.05, 0.1) is 6.04 Å². The second-order valence-corrected chi connectivity index (χ2v) is 4.95. The van der Waals surface area contributed by atoms with E-state index in [-0.39, 0.29) is 5.82 Å². The minimum absolute atomic E-state index is 0.251. The van der Waals surface area contributed by atoms with Crippen molar-refractivity contribution in [3.05, 3.63) is 57.8 Å². The Bertz CT molecular complexity index is 581. The van der Waals surface area contributed by atoms with E-state index >= 15 is 0 Å². The van der Waals surface area contributed by atoms with Crippen molar-refractivity contribution >= 4 is 0 Å². The van der Waals surface area contributed by atoms with Crippen molar-refractivity contribution in [2.75, 3.05) is 0 Å². The summed E-state index contributed by atoms with van der Waals surface area (Å²) in [5.74, 6) is 6.92. The highest BCUT2D eigenvalue weighted by Crippen LogP contribution is 2.31. The van der Waals surface area contributed by atoms with E-state index in [0.717, 1.165) is 28.2 Å². The van der Waals surface area contributed by atoms with Crippen LogP contribution < -0.4 is 11.3 Å². The molecule has 0 amide bonds. The van der Waals surface area contributed by atoms with Gasteiger partial charge in [-0.1, -0.05) is 6.07 Å². The Morgan fingerprint density at radius 3 is 2.32 bits per heavy atom. The van der Waals surface area contributed by atoms with Gasteiger partial charge in [0.25, 0.3) is 0 Å². The van der Waals surface area contributed by atoms with Crippen LogP contribution in [0.5, 0.6) is 0 Å². The molecular weight excluding hydrogens is 243 g/mol. The Balaban J connectivity index is 2.57. The van der Waals surface area contributed by atoms with Crippen molar-refractivity contribution in [1.82, 2.24) is 5.43 Å². The first-order valence-electron chi connectivity index (χ1n) is 6.23. The molecule has 0 spiro atoms. The van der Waals surface area contributed by atoms with Gasteiger partial charge < -0.3 is 4.42 Å². The van der Waals surface area contributed by atoms with Crippen LogP contribution in [0.15, 0.2) is 22.6 Å². The molecule has 0 radical (unpaired) electrons. The van der Waals surface area contributed by atoms with Crippen molar-refractivity contribution in [3.8, 4) is 0 Å². The lowest BCUT2D eigenvalue weighted by molar-refractivity contribution is 0.491. The van der Waals surface area contributed by atoms with Crippen LogP contribution in [-0.2, 0) is 0 Å². The van der Waals surface area contributed by atoms with Crippen LogP contribution in [0.1, 0.15) is 39.8 Å². The van der Waals surface area contributed by atoms with Crippen molar-refractivity contribution < 1.29 is 8.81 Å². The van der Waals surface area contributed by atoms with Gasteiger partial charge in [-0.25, -0.2) is 9.82 Å². The van der Waals surface area contributed by atoms with Gasteiger partial charge in [-0.2, -0.15) is 0 Å². The highest BCUT2D eigenvalue weighted by atomic mass is 19.1. The lowest BCUT2D eigenvalue weighted by Crippen LogP contribution is -2.30.